The van der Waals surface area contributed by atoms with Gasteiger partial charge < -0.3 is 10.1 Å². The lowest BCUT2D eigenvalue weighted by Crippen LogP contribution is -2.53. The number of nitrogens with zero attached hydrogens (tertiary/aromatic N) is 3. The highest BCUT2D eigenvalue weighted by Gasteiger charge is 2.29. The zero-order valence-electron chi connectivity index (χ0n) is 12.2. The summed E-state index contributed by atoms with van der Waals surface area (Å²) < 4.78 is 5.43. The van der Waals surface area contributed by atoms with Gasteiger partial charge in [0.15, 0.2) is 0 Å². The first kappa shape index (κ1) is 15.4. The van der Waals surface area contributed by atoms with E-state index in [2.05, 4.69) is 15.2 Å². The Morgan fingerprint density at radius 3 is 3.29 bits per heavy atom. The fourth-order valence-corrected chi connectivity index (χ4v) is 2.30. The van der Waals surface area contributed by atoms with Crippen LogP contribution in [-0.4, -0.2) is 48.1 Å². The summed E-state index contributed by atoms with van der Waals surface area (Å²) in [6, 6.07) is 5.39. The van der Waals surface area contributed by atoms with Crippen LogP contribution >= 0.6 is 0 Å². The number of morpholine rings is 1. The van der Waals surface area contributed by atoms with E-state index >= 15 is 0 Å². The molecule has 1 aliphatic heterocycles. The van der Waals surface area contributed by atoms with Gasteiger partial charge in [-0.3, -0.25) is 9.69 Å². The lowest BCUT2D eigenvalue weighted by Gasteiger charge is -2.34. The number of amides is 1. The minimum Gasteiger partial charge on any atom is -0.378 e. The van der Waals surface area contributed by atoms with Gasteiger partial charge in [-0.2, -0.15) is 5.26 Å². The second-order valence-electron chi connectivity index (χ2n) is 5.01. The predicted molar refractivity (Wildman–Crippen MR) is 77.3 cm³/mol. The van der Waals surface area contributed by atoms with E-state index in [4.69, 9.17) is 10.00 Å². The van der Waals surface area contributed by atoms with Crippen molar-refractivity contribution in [1.82, 2.24) is 15.2 Å². The standard InChI is InChI=1S/C15H20N4O2/c1-2-4-18-15(20)14-11-21-7-6-19(14)10-12-3-5-17-13(8-12)9-16/h3,5,8,14H,2,4,6-7,10-11H2,1H3,(H,18,20). The Morgan fingerprint density at radius 2 is 2.52 bits per heavy atom. The molecule has 0 aromatic carbocycles. The minimum atomic E-state index is -0.274. The Balaban J connectivity index is 2.04. The van der Waals surface area contributed by atoms with Crippen LogP contribution in [0.3, 0.4) is 0 Å². The van der Waals surface area contributed by atoms with E-state index < -0.39 is 0 Å². The molecule has 6 nitrogen and oxygen atoms in total. The molecule has 1 fully saturated rings. The van der Waals surface area contributed by atoms with E-state index in [9.17, 15) is 4.79 Å². The monoisotopic (exact) mass is 288 g/mol. The van der Waals surface area contributed by atoms with Gasteiger partial charge in [-0.05, 0) is 24.1 Å². The third kappa shape index (κ3) is 4.25. The average molecular weight is 288 g/mol. The molecule has 21 heavy (non-hydrogen) atoms. The summed E-state index contributed by atoms with van der Waals surface area (Å²) in [5.41, 5.74) is 1.38. The molecule has 2 heterocycles. The van der Waals surface area contributed by atoms with Crippen molar-refractivity contribution in [2.75, 3.05) is 26.3 Å². The number of hydrogen-bond donors (Lipinski definition) is 1. The summed E-state index contributed by atoms with van der Waals surface area (Å²) in [7, 11) is 0. The van der Waals surface area contributed by atoms with E-state index in [1.165, 1.54) is 0 Å². The quantitative estimate of drug-likeness (QED) is 0.862. The highest BCUT2D eigenvalue weighted by atomic mass is 16.5. The second kappa shape index (κ2) is 7.72. The molecule has 0 saturated carbocycles. The molecule has 1 unspecified atom stereocenters. The van der Waals surface area contributed by atoms with Gasteiger partial charge in [-0.1, -0.05) is 6.92 Å². The Kier molecular flexibility index (Phi) is 5.67. The van der Waals surface area contributed by atoms with Crippen molar-refractivity contribution in [3.05, 3.63) is 29.6 Å². The van der Waals surface area contributed by atoms with Gasteiger partial charge in [0.25, 0.3) is 0 Å². The molecule has 2 rings (SSSR count). The predicted octanol–water partition coefficient (Wildman–Crippen LogP) is 0.680. The van der Waals surface area contributed by atoms with Crippen molar-refractivity contribution in [1.29, 1.82) is 5.26 Å². The SMILES string of the molecule is CCCNC(=O)C1COCCN1Cc1ccnc(C#N)c1. The summed E-state index contributed by atoms with van der Waals surface area (Å²) in [4.78, 5) is 18.2. The number of pyridine rings is 1. The third-order valence-electron chi connectivity index (χ3n) is 3.42. The van der Waals surface area contributed by atoms with Crippen molar-refractivity contribution in [2.45, 2.75) is 25.9 Å². The van der Waals surface area contributed by atoms with Crippen LogP contribution < -0.4 is 5.32 Å². The molecule has 0 radical (unpaired) electrons. The topological polar surface area (TPSA) is 78.2 Å². The lowest BCUT2D eigenvalue weighted by atomic mass is 10.1. The van der Waals surface area contributed by atoms with Crippen LogP contribution in [0.5, 0.6) is 0 Å². The van der Waals surface area contributed by atoms with Crippen LogP contribution in [0, 0.1) is 11.3 Å². The Bertz CT molecular complexity index is 527. The van der Waals surface area contributed by atoms with Crippen molar-refractivity contribution in [3.63, 3.8) is 0 Å². The fraction of sp³-hybridized carbons (Fsp3) is 0.533. The highest BCUT2D eigenvalue weighted by molar-refractivity contribution is 5.82. The van der Waals surface area contributed by atoms with E-state index in [1.807, 2.05) is 19.1 Å². The zero-order valence-corrected chi connectivity index (χ0v) is 12.2. The largest absolute Gasteiger partial charge is 0.378 e. The Morgan fingerprint density at radius 1 is 1.67 bits per heavy atom. The van der Waals surface area contributed by atoms with Crippen molar-refractivity contribution >= 4 is 5.91 Å². The Hall–Kier alpha value is -1.97. The number of ether oxygens (including phenoxy) is 1. The zero-order chi connectivity index (χ0) is 15.1. The summed E-state index contributed by atoms with van der Waals surface area (Å²) >= 11 is 0. The smallest absolute Gasteiger partial charge is 0.239 e. The van der Waals surface area contributed by atoms with Crippen molar-refractivity contribution < 1.29 is 9.53 Å². The number of hydrogen-bond acceptors (Lipinski definition) is 5. The summed E-state index contributed by atoms with van der Waals surface area (Å²) in [5, 5.41) is 11.8. The maximum absolute atomic E-state index is 12.2. The molecule has 1 atom stereocenters. The average Bonchev–Trinajstić information content (AvgIpc) is 2.53. The van der Waals surface area contributed by atoms with Crippen LogP contribution in [0.15, 0.2) is 18.3 Å². The van der Waals surface area contributed by atoms with Crippen molar-refractivity contribution in [3.8, 4) is 6.07 Å². The lowest BCUT2D eigenvalue weighted by molar-refractivity contribution is -0.132. The number of carbonyl (C=O) groups excluding carboxylic acids is 1. The first-order chi connectivity index (χ1) is 10.2. The van der Waals surface area contributed by atoms with Crippen molar-refractivity contribution in [2.24, 2.45) is 0 Å². The molecule has 0 spiro atoms. The molecule has 112 valence electrons. The van der Waals surface area contributed by atoms with Gasteiger partial charge in [0.1, 0.15) is 17.8 Å². The number of carbonyl (C=O) groups is 1. The normalized spacial score (nSPS) is 19.0. The summed E-state index contributed by atoms with van der Waals surface area (Å²) in [6.07, 6.45) is 2.54. The van der Waals surface area contributed by atoms with Gasteiger partial charge in [-0.15, -0.1) is 0 Å². The van der Waals surface area contributed by atoms with E-state index in [-0.39, 0.29) is 11.9 Å². The molecule has 1 aromatic heterocycles. The second-order valence-corrected chi connectivity index (χ2v) is 5.01. The maximum Gasteiger partial charge on any atom is 0.239 e. The number of nitriles is 1. The minimum absolute atomic E-state index is 0.00566. The van der Waals surface area contributed by atoms with Crippen LogP contribution in [0.1, 0.15) is 24.6 Å². The molecule has 1 saturated heterocycles. The third-order valence-corrected chi connectivity index (χ3v) is 3.42. The molecule has 0 bridgehead atoms. The van der Waals surface area contributed by atoms with Crippen LogP contribution in [0.2, 0.25) is 0 Å². The van der Waals surface area contributed by atoms with E-state index in [0.29, 0.717) is 38.5 Å². The molecule has 1 N–H and O–H groups in total. The fourth-order valence-electron chi connectivity index (χ4n) is 2.30. The number of nitrogens with one attached hydrogen (secondary N) is 1. The first-order valence-corrected chi connectivity index (χ1v) is 7.19. The summed E-state index contributed by atoms with van der Waals surface area (Å²) in [5.74, 6) is 0.00566. The molecule has 1 aromatic rings. The molecular weight excluding hydrogens is 268 g/mol. The van der Waals surface area contributed by atoms with Crippen LogP contribution in [0.4, 0.5) is 0 Å². The molecule has 1 amide bonds. The number of aromatic nitrogens is 1. The van der Waals surface area contributed by atoms with Crippen LogP contribution in [-0.2, 0) is 16.1 Å². The maximum atomic E-state index is 12.2. The van der Waals surface area contributed by atoms with E-state index in [1.54, 1.807) is 12.3 Å². The molecular formula is C15H20N4O2. The van der Waals surface area contributed by atoms with Crippen LogP contribution in [0.25, 0.3) is 0 Å². The molecule has 0 aliphatic carbocycles. The van der Waals surface area contributed by atoms with Gasteiger partial charge in [0, 0.05) is 25.8 Å². The molecule has 6 heteroatoms. The Labute approximate surface area is 124 Å². The summed E-state index contributed by atoms with van der Waals surface area (Å²) in [6.45, 7) is 5.05. The highest BCUT2D eigenvalue weighted by Crippen LogP contribution is 2.13. The van der Waals surface area contributed by atoms with Gasteiger partial charge in [-0.25, -0.2) is 4.98 Å². The van der Waals surface area contributed by atoms with Gasteiger partial charge in [0.2, 0.25) is 5.91 Å². The van der Waals surface area contributed by atoms with Gasteiger partial charge >= 0.3 is 0 Å². The van der Waals surface area contributed by atoms with E-state index in [0.717, 1.165) is 12.0 Å². The van der Waals surface area contributed by atoms with Gasteiger partial charge in [0.05, 0.1) is 13.2 Å². The molecule has 1 aliphatic rings. The number of rotatable bonds is 5. The first-order valence-electron chi connectivity index (χ1n) is 7.19.